The summed E-state index contributed by atoms with van der Waals surface area (Å²) < 4.78 is 4.63. The van der Waals surface area contributed by atoms with Crippen LogP contribution in [0.3, 0.4) is 0 Å². The highest BCUT2D eigenvalue weighted by molar-refractivity contribution is 6.28. The van der Waals surface area contributed by atoms with Gasteiger partial charge in [0, 0.05) is 13.7 Å². The Labute approximate surface area is 114 Å². The van der Waals surface area contributed by atoms with Crippen LogP contribution in [0.5, 0.6) is 0 Å². The third-order valence-corrected chi connectivity index (χ3v) is 3.62. The second-order valence-corrected chi connectivity index (χ2v) is 4.75. The molecule has 2 rings (SSSR count). The maximum Gasteiger partial charge on any atom is 0.312 e. The minimum atomic E-state index is -0.229. The second-order valence-electron chi connectivity index (χ2n) is 4.42. The number of aliphatic hydroxyl groups is 1. The summed E-state index contributed by atoms with van der Waals surface area (Å²) >= 11 is 6.23. The lowest BCUT2D eigenvalue weighted by atomic mass is 10.3. The molecule has 3 N–H and O–H groups in total. The Bertz CT molecular complexity index is 676. The van der Waals surface area contributed by atoms with Crippen molar-refractivity contribution in [2.24, 2.45) is 14.1 Å². The third kappa shape index (κ3) is 2.19. The average molecular weight is 287 g/mol. The van der Waals surface area contributed by atoms with E-state index in [1.54, 1.807) is 23.2 Å². The Hall–Kier alpha value is -1.60. The first kappa shape index (κ1) is 13.8. The zero-order valence-corrected chi connectivity index (χ0v) is 11.7. The van der Waals surface area contributed by atoms with Crippen molar-refractivity contribution < 1.29 is 9.67 Å². The van der Waals surface area contributed by atoms with Crippen molar-refractivity contribution in [1.82, 2.24) is 14.1 Å². The Morgan fingerprint density at radius 1 is 1.37 bits per heavy atom. The number of aliphatic hydroxyl groups excluding tert-OH is 1. The molecule has 7 nitrogen and oxygen atoms in total. The molecule has 0 fully saturated rings. The lowest BCUT2D eigenvalue weighted by Gasteiger charge is -1.99. The van der Waals surface area contributed by atoms with E-state index < -0.39 is 0 Å². The SMILES string of the molecule is Cn1c(N)nc2c(c1=O)n(C)c(Cl)[n+]2CCCCO. The van der Waals surface area contributed by atoms with Gasteiger partial charge in [0.15, 0.2) is 0 Å². The number of aryl methyl sites for hydroxylation is 2. The summed E-state index contributed by atoms with van der Waals surface area (Å²) in [5, 5.41) is 9.24. The summed E-state index contributed by atoms with van der Waals surface area (Å²) in [6.07, 6.45) is 1.41. The van der Waals surface area contributed by atoms with Gasteiger partial charge in [-0.2, -0.15) is 0 Å². The van der Waals surface area contributed by atoms with Crippen molar-refractivity contribution >= 4 is 28.7 Å². The quantitative estimate of drug-likeness (QED) is 0.453. The fraction of sp³-hybridized carbons (Fsp3) is 0.545. The molecule has 0 amide bonds. The smallest absolute Gasteiger partial charge is 0.312 e. The first-order valence-electron chi connectivity index (χ1n) is 6.00. The van der Waals surface area contributed by atoms with Gasteiger partial charge >= 0.3 is 16.5 Å². The van der Waals surface area contributed by atoms with Gasteiger partial charge in [-0.25, -0.2) is 9.13 Å². The molecule has 0 aromatic carbocycles. The lowest BCUT2D eigenvalue weighted by molar-refractivity contribution is -0.672. The van der Waals surface area contributed by atoms with Crippen LogP contribution in [-0.4, -0.2) is 25.8 Å². The Morgan fingerprint density at radius 3 is 2.68 bits per heavy atom. The van der Waals surface area contributed by atoms with Crippen LogP contribution >= 0.6 is 11.6 Å². The van der Waals surface area contributed by atoms with E-state index in [0.29, 0.717) is 29.4 Å². The first-order valence-corrected chi connectivity index (χ1v) is 6.38. The van der Waals surface area contributed by atoms with Crippen LogP contribution in [0.15, 0.2) is 4.79 Å². The molecule has 2 heterocycles. The molecule has 0 aliphatic rings. The normalized spacial score (nSPS) is 11.4. The molecule has 0 saturated heterocycles. The molecule has 2 aromatic heterocycles. The van der Waals surface area contributed by atoms with Gasteiger partial charge in [0.2, 0.25) is 5.52 Å². The number of nitrogens with zero attached hydrogens (tertiary/aromatic N) is 4. The molecule has 104 valence electrons. The van der Waals surface area contributed by atoms with E-state index in [9.17, 15) is 4.79 Å². The fourth-order valence-corrected chi connectivity index (χ4v) is 2.27. The van der Waals surface area contributed by atoms with Crippen molar-refractivity contribution in [2.75, 3.05) is 12.3 Å². The molecule has 0 aliphatic carbocycles. The molecular formula is C11H17ClN5O2+. The summed E-state index contributed by atoms with van der Waals surface area (Å²) in [6, 6.07) is 0. The summed E-state index contributed by atoms with van der Waals surface area (Å²) in [7, 11) is 3.29. The van der Waals surface area contributed by atoms with Gasteiger partial charge in [-0.15, -0.1) is 0 Å². The average Bonchev–Trinajstić information content (AvgIpc) is 2.61. The minimum Gasteiger partial charge on any atom is -0.396 e. The van der Waals surface area contributed by atoms with Crippen molar-refractivity contribution in [3.63, 3.8) is 0 Å². The van der Waals surface area contributed by atoms with Gasteiger partial charge in [-0.1, -0.05) is 4.98 Å². The van der Waals surface area contributed by atoms with E-state index in [0.717, 1.165) is 6.42 Å². The number of imidazole rings is 1. The van der Waals surface area contributed by atoms with Crippen LogP contribution in [0.4, 0.5) is 5.95 Å². The molecule has 19 heavy (non-hydrogen) atoms. The number of unbranched alkanes of at least 4 members (excludes halogenated alkanes) is 1. The Morgan fingerprint density at radius 2 is 2.05 bits per heavy atom. The zero-order valence-electron chi connectivity index (χ0n) is 10.9. The van der Waals surface area contributed by atoms with Crippen LogP contribution in [0.2, 0.25) is 5.28 Å². The van der Waals surface area contributed by atoms with Crippen LogP contribution < -0.4 is 15.9 Å². The predicted octanol–water partition coefficient (Wildman–Crippen LogP) is -0.432. The van der Waals surface area contributed by atoms with E-state index in [4.69, 9.17) is 22.4 Å². The van der Waals surface area contributed by atoms with E-state index in [1.165, 1.54) is 4.57 Å². The number of fused-ring (bicyclic) bond motifs is 1. The molecule has 0 atom stereocenters. The van der Waals surface area contributed by atoms with Gasteiger partial charge < -0.3 is 10.8 Å². The van der Waals surface area contributed by atoms with E-state index in [-0.39, 0.29) is 18.1 Å². The van der Waals surface area contributed by atoms with Gasteiger partial charge in [0.25, 0.3) is 5.95 Å². The monoisotopic (exact) mass is 286 g/mol. The third-order valence-electron chi connectivity index (χ3n) is 3.16. The van der Waals surface area contributed by atoms with E-state index in [2.05, 4.69) is 4.98 Å². The Balaban J connectivity index is 2.65. The topological polar surface area (TPSA) is 90.0 Å². The van der Waals surface area contributed by atoms with Crippen LogP contribution in [-0.2, 0) is 20.6 Å². The number of rotatable bonds is 4. The molecule has 0 radical (unpaired) electrons. The number of nitrogens with two attached hydrogens (primary N) is 1. The van der Waals surface area contributed by atoms with Gasteiger partial charge in [-0.3, -0.25) is 9.36 Å². The predicted molar refractivity (Wildman–Crippen MR) is 71.9 cm³/mol. The fourth-order valence-electron chi connectivity index (χ4n) is 2.02. The van der Waals surface area contributed by atoms with Gasteiger partial charge in [0.1, 0.15) is 0 Å². The standard InChI is InChI=1S/C11H16ClN5O2/c1-15-7-8(14-11(13)16(2)9(7)19)17(10(15)12)5-3-4-6-18/h18H,3-6H2,1-2H3,(H-,13,14,19)/p+1. The molecule has 0 bridgehead atoms. The largest absolute Gasteiger partial charge is 0.396 e. The number of anilines is 1. The molecule has 2 aromatic rings. The number of hydrogen-bond donors (Lipinski definition) is 2. The zero-order chi connectivity index (χ0) is 14.2. The summed E-state index contributed by atoms with van der Waals surface area (Å²) in [5.74, 6) is 0.149. The summed E-state index contributed by atoms with van der Waals surface area (Å²) in [4.78, 5) is 16.4. The van der Waals surface area contributed by atoms with Crippen LogP contribution in [0.25, 0.3) is 11.2 Å². The molecular weight excluding hydrogens is 270 g/mol. The number of nitrogen functional groups attached to an aromatic ring is 1. The number of hydrogen-bond acceptors (Lipinski definition) is 4. The van der Waals surface area contributed by atoms with Crippen molar-refractivity contribution in [1.29, 1.82) is 0 Å². The molecule has 0 aliphatic heterocycles. The molecule has 0 spiro atoms. The summed E-state index contributed by atoms with van der Waals surface area (Å²) in [6.45, 7) is 0.705. The highest BCUT2D eigenvalue weighted by Crippen LogP contribution is 2.13. The maximum atomic E-state index is 12.2. The number of halogens is 1. The Kier molecular flexibility index (Phi) is 3.77. The van der Waals surface area contributed by atoms with Crippen molar-refractivity contribution in [2.45, 2.75) is 19.4 Å². The molecule has 0 unspecified atom stereocenters. The van der Waals surface area contributed by atoms with Crippen molar-refractivity contribution in [3.8, 4) is 0 Å². The van der Waals surface area contributed by atoms with Gasteiger partial charge in [-0.05, 0) is 24.4 Å². The van der Waals surface area contributed by atoms with E-state index >= 15 is 0 Å². The van der Waals surface area contributed by atoms with Gasteiger partial charge in [0.05, 0.1) is 13.6 Å². The lowest BCUT2D eigenvalue weighted by Crippen LogP contribution is -2.36. The highest BCUT2D eigenvalue weighted by Gasteiger charge is 2.25. The van der Waals surface area contributed by atoms with Crippen molar-refractivity contribution in [3.05, 3.63) is 15.6 Å². The van der Waals surface area contributed by atoms with E-state index in [1.807, 2.05) is 0 Å². The maximum absolute atomic E-state index is 12.2. The number of aromatic nitrogens is 4. The van der Waals surface area contributed by atoms with Crippen LogP contribution in [0.1, 0.15) is 12.8 Å². The summed E-state index contributed by atoms with van der Waals surface area (Å²) in [5.41, 5.74) is 6.39. The minimum absolute atomic E-state index is 0.125. The molecule has 8 heteroatoms. The first-order chi connectivity index (χ1) is 8.99. The van der Waals surface area contributed by atoms with Crippen LogP contribution in [0, 0.1) is 0 Å². The second kappa shape index (κ2) is 5.18. The highest BCUT2D eigenvalue weighted by atomic mass is 35.5. The molecule has 0 saturated carbocycles.